The van der Waals surface area contributed by atoms with E-state index in [1.807, 2.05) is 0 Å². The summed E-state index contributed by atoms with van der Waals surface area (Å²) in [7, 11) is 0. The summed E-state index contributed by atoms with van der Waals surface area (Å²) in [5.41, 5.74) is 0.963. The second kappa shape index (κ2) is 9.43. The Morgan fingerprint density at radius 3 is 1.90 bits per heavy atom. The molecular formula is C20H39Cl. The van der Waals surface area contributed by atoms with Crippen molar-refractivity contribution in [3.05, 3.63) is 0 Å². The van der Waals surface area contributed by atoms with Crippen LogP contribution in [0.5, 0.6) is 0 Å². The number of alkyl halides is 1. The first-order valence-corrected chi connectivity index (χ1v) is 10.0. The Bertz CT molecular complexity index is 256. The fourth-order valence-electron chi connectivity index (χ4n) is 4.00. The average molecular weight is 315 g/mol. The summed E-state index contributed by atoms with van der Waals surface area (Å²) < 4.78 is 0. The first kappa shape index (κ1) is 19.3. The van der Waals surface area contributed by atoms with Crippen LogP contribution in [0.4, 0.5) is 0 Å². The third-order valence-corrected chi connectivity index (χ3v) is 6.43. The van der Waals surface area contributed by atoms with E-state index < -0.39 is 0 Å². The van der Waals surface area contributed by atoms with Crippen LogP contribution in [-0.2, 0) is 0 Å². The molecule has 0 heterocycles. The average Bonchev–Trinajstić information content (AvgIpc) is 2.46. The number of hydrogen-bond donors (Lipinski definition) is 0. The molecule has 0 amide bonds. The largest absolute Gasteiger partial charge is 0.126 e. The zero-order chi connectivity index (χ0) is 15.8. The maximum Gasteiger partial charge on any atom is 0.0280 e. The fourth-order valence-corrected chi connectivity index (χ4v) is 4.40. The van der Waals surface area contributed by atoms with Crippen LogP contribution in [0.25, 0.3) is 0 Å². The lowest BCUT2D eigenvalue weighted by Gasteiger charge is -2.43. The Hall–Kier alpha value is 0.290. The van der Waals surface area contributed by atoms with Crippen molar-refractivity contribution in [2.24, 2.45) is 16.7 Å². The van der Waals surface area contributed by atoms with Gasteiger partial charge in [0.15, 0.2) is 0 Å². The third-order valence-electron chi connectivity index (χ3n) is 5.87. The minimum Gasteiger partial charge on any atom is -0.126 e. The monoisotopic (exact) mass is 314 g/mol. The van der Waals surface area contributed by atoms with Crippen molar-refractivity contribution < 1.29 is 0 Å². The molecular weight excluding hydrogens is 276 g/mol. The number of halogens is 1. The first-order chi connectivity index (χ1) is 9.93. The Labute approximate surface area is 139 Å². The molecule has 1 aliphatic rings. The lowest BCUT2D eigenvalue weighted by atomic mass is 9.63. The van der Waals surface area contributed by atoms with Gasteiger partial charge >= 0.3 is 0 Å². The molecule has 21 heavy (non-hydrogen) atoms. The molecule has 0 aromatic heterocycles. The third kappa shape index (κ3) is 6.93. The zero-order valence-electron chi connectivity index (χ0n) is 15.1. The van der Waals surface area contributed by atoms with Crippen molar-refractivity contribution in [3.63, 3.8) is 0 Å². The Balaban J connectivity index is 2.22. The molecule has 1 heteroatoms. The van der Waals surface area contributed by atoms with Crippen molar-refractivity contribution in [2.75, 3.05) is 5.88 Å². The molecule has 1 fully saturated rings. The van der Waals surface area contributed by atoms with Gasteiger partial charge in [-0.25, -0.2) is 0 Å². The molecule has 126 valence electrons. The Morgan fingerprint density at radius 2 is 1.43 bits per heavy atom. The van der Waals surface area contributed by atoms with Gasteiger partial charge in [0.05, 0.1) is 0 Å². The summed E-state index contributed by atoms with van der Waals surface area (Å²) in [6.45, 7) is 9.50. The van der Waals surface area contributed by atoms with E-state index >= 15 is 0 Å². The van der Waals surface area contributed by atoms with Crippen molar-refractivity contribution >= 4 is 11.6 Å². The van der Waals surface area contributed by atoms with E-state index in [4.69, 9.17) is 11.6 Å². The lowest BCUT2D eigenvalue weighted by Crippen LogP contribution is -2.33. The SMILES string of the molecule is CCCCCCCCCC1(CCl)CCC(C(C)(C)C)CC1. The van der Waals surface area contributed by atoms with E-state index in [2.05, 4.69) is 27.7 Å². The molecule has 1 aliphatic carbocycles. The van der Waals surface area contributed by atoms with Crippen molar-refractivity contribution in [2.45, 2.75) is 105 Å². The summed E-state index contributed by atoms with van der Waals surface area (Å²) in [6, 6.07) is 0. The van der Waals surface area contributed by atoms with Crippen LogP contribution in [0.15, 0.2) is 0 Å². The van der Waals surface area contributed by atoms with Gasteiger partial charge in [0.2, 0.25) is 0 Å². The molecule has 0 bridgehead atoms. The van der Waals surface area contributed by atoms with Gasteiger partial charge < -0.3 is 0 Å². The van der Waals surface area contributed by atoms with Gasteiger partial charge in [-0.2, -0.15) is 0 Å². The highest BCUT2D eigenvalue weighted by molar-refractivity contribution is 6.18. The number of rotatable bonds is 9. The molecule has 0 N–H and O–H groups in total. The summed E-state index contributed by atoms with van der Waals surface area (Å²) in [5, 5.41) is 0. The van der Waals surface area contributed by atoms with Gasteiger partial charge in [-0.15, -0.1) is 11.6 Å². The van der Waals surface area contributed by atoms with E-state index in [0.717, 1.165) is 11.8 Å². The van der Waals surface area contributed by atoms with E-state index in [9.17, 15) is 0 Å². The molecule has 0 aromatic carbocycles. The number of hydrogen-bond acceptors (Lipinski definition) is 0. The second-order valence-corrected chi connectivity index (χ2v) is 8.91. The maximum atomic E-state index is 6.38. The van der Waals surface area contributed by atoms with Crippen LogP contribution in [0.1, 0.15) is 105 Å². The summed E-state index contributed by atoms with van der Waals surface area (Å²) >= 11 is 6.38. The van der Waals surface area contributed by atoms with Gasteiger partial charge in [0.1, 0.15) is 0 Å². The predicted molar refractivity (Wildman–Crippen MR) is 97.2 cm³/mol. The molecule has 0 nitrogen and oxygen atoms in total. The fraction of sp³-hybridized carbons (Fsp3) is 1.00. The minimum absolute atomic E-state index is 0.479. The molecule has 1 saturated carbocycles. The Kier molecular flexibility index (Phi) is 8.69. The van der Waals surface area contributed by atoms with E-state index in [0.29, 0.717) is 10.8 Å². The molecule has 0 saturated heterocycles. The van der Waals surface area contributed by atoms with Crippen LogP contribution in [0, 0.1) is 16.7 Å². The smallest absolute Gasteiger partial charge is 0.0280 e. The standard InChI is InChI=1S/C20H39Cl/c1-5-6-7-8-9-10-11-14-20(17-21)15-12-18(13-16-20)19(2,3)4/h18H,5-17H2,1-4H3. The van der Waals surface area contributed by atoms with Gasteiger partial charge in [-0.1, -0.05) is 72.6 Å². The van der Waals surface area contributed by atoms with E-state index in [1.54, 1.807) is 0 Å². The van der Waals surface area contributed by atoms with Crippen LogP contribution >= 0.6 is 11.6 Å². The summed E-state index contributed by atoms with van der Waals surface area (Å²) in [5.74, 6) is 1.79. The highest BCUT2D eigenvalue weighted by Gasteiger charge is 2.37. The topological polar surface area (TPSA) is 0 Å². The maximum absolute atomic E-state index is 6.38. The van der Waals surface area contributed by atoms with Crippen LogP contribution in [-0.4, -0.2) is 5.88 Å². The minimum atomic E-state index is 0.479. The van der Waals surface area contributed by atoms with Crippen molar-refractivity contribution in [1.29, 1.82) is 0 Å². The van der Waals surface area contributed by atoms with E-state index in [1.165, 1.54) is 77.0 Å². The van der Waals surface area contributed by atoms with Crippen LogP contribution < -0.4 is 0 Å². The zero-order valence-corrected chi connectivity index (χ0v) is 15.9. The predicted octanol–water partition coefficient (Wildman–Crippen LogP) is 7.59. The molecule has 1 rings (SSSR count). The van der Waals surface area contributed by atoms with Crippen molar-refractivity contribution in [1.82, 2.24) is 0 Å². The summed E-state index contributed by atoms with van der Waals surface area (Å²) in [4.78, 5) is 0. The highest BCUT2D eigenvalue weighted by atomic mass is 35.5. The van der Waals surface area contributed by atoms with Crippen LogP contribution in [0.3, 0.4) is 0 Å². The highest BCUT2D eigenvalue weighted by Crippen LogP contribution is 2.48. The molecule has 0 atom stereocenters. The van der Waals surface area contributed by atoms with Gasteiger partial charge in [-0.3, -0.25) is 0 Å². The normalized spacial score (nSPS) is 27.0. The van der Waals surface area contributed by atoms with Gasteiger partial charge in [0.25, 0.3) is 0 Å². The first-order valence-electron chi connectivity index (χ1n) is 9.49. The lowest BCUT2D eigenvalue weighted by molar-refractivity contribution is 0.0936. The summed E-state index contributed by atoms with van der Waals surface area (Å²) in [6.07, 6.45) is 16.8. The quantitative estimate of drug-likeness (QED) is 0.304. The molecule has 0 unspecified atom stereocenters. The van der Waals surface area contributed by atoms with Crippen LogP contribution in [0.2, 0.25) is 0 Å². The molecule has 0 aliphatic heterocycles. The number of unbranched alkanes of at least 4 members (excludes halogenated alkanes) is 6. The van der Waals surface area contributed by atoms with Gasteiger partial charge in [0, 0.05) is 5.88 Å². The molecule has 0 aromatic rings. The second-order valence-electron chi connectivity index (χ2n) is 8.65. The van der Waals surface area contributed by atoms with Crippen molar-refractivity contribution in [3.8, 4) is 0 Å². The Morgan fingerprint density at radius 1 is 0.905 bits per heavy atom. The molecule has 0 radical (unpaired) electrons. The van der Waals surface area contributed by atoms with Gasteiger partial charge in [-0.05, 0) is 48.9 Å². The molecule has 0 spiro atoms. The van der Waals surface area contributed by atoms with E-state index in [-0.39, 0.29) is 0 Å².